The molecule has 0 aliphatic carbocycles. The van der Waals surface area contributed by atoms with E-state index >= 15 is 0 Å². The molecule has 4 rings (SSSR count). The first-order chi connectivity index (χ1) is 15.7. The van der Waals surface area contributed by atoms with Crippen molar-refractivity contribution in [3.63, 3.8) is 0 Å². The fourth-order valence-corrected chi connectivity index (χ4v) is 4.50. The van der Waals surface area contributed by atoms with Gasteiger partial charge >= 0.3 is 0 Å². The lowest BCUT2D eigenvalue weighted by atomic mass is 10.0. The molecule has 0 unspecified atom stereocenters. The molecule has 1 aliphatic rings. The number of aryl methyl sites for hydroxylation is 1. The van der Waals surface area contributed by atoms with E-state index in [4.69, 9.17) is 14.7 Å². The Morgan fingerprint density at radius 3 is 2.53 bits per heavy atom. The van der Waals surface area contributed by atoms with Crippen molar-refractivity contribution in [2.45, 2.75) is 26.3 Å². The first kappa shape index (κ1) is 22.0. The van der Waals surface area contributed by atoms with Gasteiger partial charge in [-0.2, -0.15) is 5.26 Å². The number of carbonyl (C=O) groups excluding carboxylic acids is 1. The van der Waals surface area contributed by atoms with E-state index in [1.807, 2.05) is 31.2 Å². The van der Waals surface area contributed by atoms with E-state index < -0.39 is 0 Å². The molecule has 32 heavy (non-hydrogen) atoms. The fourth-order valence-electron chi connectivity index (χ4n) is 3.60. The third kappa shape index (κ3) is 5.34. The maximum atomic E-state index is 11.3. The Morgan fingerprint density at radius 2 is 1.91 bits per heavy atom. The summed E-state index contributed by atoms with van der Waals surface area (Å²) in [5, 5.41) is 9.86. The highest BCUT2D eigenvalue weighted by atomic mass is 32.1. The van der Waals surface area contributed by atoms with E-state index in [-0.39, 0.29) is 0 Å². The number of hydrogen-bond acceptors (Lipinski definition) is 7. The second-order valence-corrected chi connectivity index (χ2v) is 8.99. The van der Waals surface area contributed by atoms with Crippen molar-refractivity contribution in [3.8, 4) is 11.8 Å². The maximum Gasteiger partial charge on any atom is 0.191 e. The first-order valence-electron chi connectivity index (χ1n) is 10.7. The third-order valence-corrected chi connectivity index (χ3v) is 6.57. The van der Waals surface area contributed by atoms with Crippen molar-refractivity contribution in [2.24, 2.45) is 5.92 Å². The van der Waals surface area contributed by atoms with Crippen LogP contribution < -0.4 is 9.64 Å². The molecule has 6 nitrogen and oxygen atoms in total. The number of carbonyl (C=O) groups is 1. The molecule has 1 saturated heterocycles. The lowest BCUT2D eigenvalue weighted by Crippen LogP contribution is -2.21. The number of rotatable bonds is 8. The molecule has 0 spiro atoms. The van der Waals surface area contributed by atoms with Gasteiger partial charge in [-0.15, -0.1) is 11.3 Å². The van der Waals surface area contributed by atoms with E-state index in [1.165, 1.54) is 11.3 Å². The fraction of sp³-hybridized carbons (Fsp3) is 0.320. The molecule has 1 aliphatic heterocycles. The van der Waals surface area contributed by atoms with Gasteiger partial charge in [-0.05, 0) is 67.6 Å². The van der Waals surface area contributed by atoms with Crippen LogP contribution in [0.1, 0.15) is 39.3 Å². The normalized spacial score (nSPS) is 14.0. The number of aromatic nitrogens is 1. The Labute approximate surface area is 192 Å². The minimum Gasteiger partial charge on any atom is -0.493 e. The van der Waals surface area contributed by atoms with Gasteiger partial charge in [0, 0.05) is 23.8 Å². The zero-order valence-electron chi connectivity index (χ0n) is 18.0. The average molecular weight is 448 g/mol. The van der Waals surface area contributed by atoms with Crippen LogP contribution in [0.15, 0.2) is 48.5 Å². The van der Waals surface area contributed by atoms with Crippen molar-refractivity contribution in [1.82, 2.24) is 4.98 Å². The standard InChI is InChI=1S/C25H25N3O3S/c1-18-24(16-29)27-25(32-18)28(22-6-2-19(14-26)3-7-22)15-20-4-8-23(9-5-20)31-17-21-10-12-30-13-11-21/h2-9,16,21H,10-13,15,17H2,1H3. The molecule has 0 radical (unpaired) electrons. The van der Waals surface area contributed by atoms with Crippen LogP contribution in [0.2, 0.25) is 0 Å². The van der Waals surface area contributed by atoms with Gasteiger partial charge in [0.05, 0.1) is 24.8 Å². The first-order valence-corrected chi connectivity index (χ1v) is 11.5. The predicted molar refractivity (Wildman–Crippen MR) is 125 cm³/mol. The lowest BCUT2D eigenvalue weighted by Gasteiger charge is -2.23. The molecule has 164 valence electrons. The van der Waals surface area contributed by atoms with Gasteiger partial charge < -0.3 is 14.4 Å². The van der Waals surface area contributed by atoms with Crippen LogP contribution in [0.3, 0.4) is 0 Å². The Morgan fingerprint density at radius 1 is 1.19 bits per heavy atom. The summed E-state index contributed by atoms with van der Waals surface area (Å²) in [5.74, 6) is 1.41. The van der Waals surface area contributed by atoms with E-state index in [0.717, 1.165) is 59.4 Å². The molecule has 0 N–H and O–H groups in total. The molecular formula is C25H25N3O3S. The molecule has 0 atom stereocenters. The molecule has 2 heterocycles. The van der Waals surface area contributed by atoms with Crippen molar-refractivity contribution in [2.75, 3.05) is 24.7 Å². The van der Waals surface area contributed by atoms with Crippen molar-refractivity contribution in [3.05, 3.63) is 70.2 Å². The van der Waals surface area contributed by atoms with Crippen LogP contribution in [-0.2, 0) is 11.3 Å². The smallest absolute Gasteiger partial charge is 0.191 e. The second kappa shape index (κ2) is 10.4. The molecule has 0 saturated carbocycles. The third-order valence-electron chi connectivity index (χ3n) is 5.56. The topological polar surface area (TPSA) is 75.5 Å². The molecule has 1 fully saturated rings. The number of aldehydes is 1. The van der Waals surface area contributed by atoms with E-state index in [1.54, 1.807) is 12.1 Å². The molecule has 2 aromatic carbocycles. The van der Waals surface area contributed by atoms with Gasteiger partial charge in [0.25, 0.3) is 0 Å². The largest absolute Gasteiger partial charge is 0.493 e. The van der Waals surface area contributed by atoms with Crippen LogP contribution >= 0.6 is 11.3 Å². The van der Waals surface area contributed by atoms with Crippen LogP contribution in [-0.4, -0.2) is 31.1 Å². The van der Waals surface area contributed by atoms with Crippen LogP contribution in [0.25, 0.3) is 0 Å². The van der Waals surface area contributed by atoms with Crippen molar-refractivity contribution < 1.29 is 14.3 Å². The monoisotopic (exact) mass is 447 g/mol. The number of benzene rings is 2. The van der Waals surface area contributed by atoms with Gasteiger partial charge in [-0.3, -0.25) is 4.79 Å². The minimum atomic E-state index is 0.459. The highest BCUT2D eigenvalue weighted by molar-refractivity contribution is 7.15. The van der Waals surface area contributed by atoms with Gasteiger partial charge in [-0.25, -0.2) is 4.98 Å². The highest BCUT2D eigenvalue weighted by Crippen LogP contribution is 2.33. The number of nitriles is 1. The number of anilines is 2. The Hall–Kier alpha value is -3.21. The number of hydrogen-bond donors (Lipinski definition) is 0. The molecule has 3 aromatic rings. The number of nitrogens with zero attached hydrogens (tertiary/aromatic N) is 3. The number of ether oxygens (including phenoxy) is 2. The van der Waals surface area contributed by atoms with Crippen molar-refractivity contribution >= 4 is 28.4 Å². The maximum absolute atomic E-state index is 11.3. The second-order valence-electron chi connectivity index (χ2n) is 7.81. The van der Waals surface area contributed by atoms with Crippen molar-refractivity contribution in [1.29, 1.82) is 5.26 Å². The zero-order chi connectivity index (χ0) is 22.3. The highest BCUT2D eigenvalue weighted by Gasteiger charge is 2.17. The lowest BCUT2D eigenvalue weighted by molar-refractivity contribution is 0.0497. The zero-order valence-corrected chi connectivity index (χ0v) is 18.8. The summed E-state index contributed by atoms with van der Waals surface area (Å²) in [6, 6.07) is 17.6. The summed E-state index contributed by atoms with van der Waals surface area (Å²) in [4.78, 5) is 18.8. The summed E-state index contributed by atoms with van der Waals surface area (Å²) >= 11 is 1.48. The molecule has 7 heteroatoms. The molecule has 1 aromatic heterocycles. The summed E-state index contributed by atoms with van der Waals surface area (Å²) in [5.41, 5.74) is 3.06. The quantitative estimate of drug-likeness (QED) is 0.437. The van der Waals surface area contributed by atoms with E-state index in [9.17, 15) is 4.79 Å². The van der Waals surface area contributed by atoms with Crippen LogP contribution in [0.5, 0.6) is 5.75 Å². The summed E-state index contributed by atoms with van der Waals surface area (Å²) in [7, 11) is 0. The molecular weight excluding hydrogens is 422 g/mol. The summed E-state index contributed by atoms with van der Waals surface area (Å²) in [6.45, 7) is 4.83. The van der Waals surface area contributed by atoms with Crippen LogP contribution in [0, 0.1) is 24.2 Å². The van der Waals surface area contributed by atoms with Gasteiger partial charge in [-0.1, -0.05) is 12.1 Å². The van der Waals surface area contributed by atoms with Gasteiger partial charge in [0.2, 0.25) is 0 Å². The minimum absolute atomic E-state index is 0.459. The number of thiazole rings is 1. The summed E-state index contributed by atoms with van der Waals surface area (Å²) in [6.07, 6.45) is 2.89. The average Bonchev–Trinajstić information content (AvgIpc) is 3.23. The summed E-state index contributed by atoms with van der Waals surface area (Å²) < 4.78 is 11.4. The SMILES string of the molecule is Cc1sc(N(Cc2ccc(OCC3CCOCC3)cc2)c2ccc(C#N)cc2)nc1C=O. The Kier molecular flexibility index (Phi) is 7.15. The van der Waals surface area contributed by atoms with E-state index in [0.29, 0.717) is 30.3 Å². The van der Waals surface area contributed by atoms with Crippen LogP contribution in [0.4, 0.5) is 10.8 Å². The van der Waals surface area contributed by atoms with E-state index in [2.05, 4.69) is 28.1 Å². The predicted octanol–water partition coefficient (Wildman–Crippen LogP) is 5.28. The Balaban J connectivity index is 1.50. The molecule has 0 amide bonds. The van der Waals surface area contributed by atoms with Gasteiger partial charge in [0.1, 0.15) is 11.4 Å². The molecule has 0 bridgehead atoms. The van der Waals surface area contributed by atoms with Gasteiger partial charge in [0.15, 0.2) is 11.4 Å². The Bertz CT molecular complexity index is 1080.